The second-order valence-corrected chi connectivity index (χ2v) is 4.93. The van der Waals surface area contributed by atoms with Crippen LogP contribution < -0.4 is 10.9 Å². The summed E-state index contributed by atoms with van der Waals surface area (Å²) in [5, 5.41) is 17.5. The van der Waals surface area contributed by atoms with Gasteiger partial charge in [0.1, 0.15) is 6.17 Å². The van der Waals surface area contributed by atoms with Crippen molar-refractivity contribution < 1.29 is 9.90 Å². The lowest BCUT2D eigenvalue weighted by Crippen LogP contribution is -2.23. The van der Waals surface area contributed by atoms with Crippen LogP contribution in [0, 0.1) is 0 Å². The van der Waals surface area contributed by atoms with Crippen LogP contribution in [0.25, 0.3) is 11.1 Å². The molecule has 1 unspecified atom stereocenters. The normalized spacial score (nSPS) is 17.0. The van der Waals surface area contributed by atoms with Gasteiger partial charge in [-0.3, -0.25) is 9.59 Å². The molecule has 7 heteroatoms. The van der Waals surface area contributed by atoms with Crippen LogP contribution in [0.2, 0.25) is 0 Å². The number of carbonyl (C=O) groups excluding carboxylic acids is 1. The highest BCUT2D eigenvalue weighted by Crippen LogP contribution is 2.30. The summed E-state index contributed by atoms with van der Waals surface area (Å²) >= 11 is 0. The van der Waals surface area contributed by atoms with E-state index in [2.05, 4.69) is 10.4 Å². The molecule has 3 rings (SSSR count). The fourth-order valence-corrected chi connectivity index (χ4v) is 2.23. The van der Waals surface area contributed by atoms with Crippen LogP contribution in [-0.4, -0.2) is 25.7 Å². The molecule has 22 heavy (non-hydrogen) atoms. The highest BCUT2D eigenvalue weighted by atomic mass is 16.3. The van der Waals surface area contributed by atoms with E-state index < -0.39 is 0 Å². The number of nitrogens with one attached hydrogen (secondary N) is 1. The van der Waals surface area contributed by atoms with Crippen LogP contribution in [0.4, 0.5) is 0 Å². The minimum absolute atomic E-state index is 0.0243. The average molecular weight is 298 g/mol. The third kappa shape index (κ3) is 2.32. The minimum Gasteiger partial charge on any atom is -0.493 e. The first-order valence-electron chi connectivity index (χ1n) is 6.63. The summed E-state index contributed by atoms with van der Waals surface area (Å²) in [4.78, 5) is 22.1. The Morgan fingerprint density at radius 1 is 1.41 bits per heavy atom. The largest absolute Gasteiger partial charge is 0.493 e. The highest BCUT2D eigenvalue weighted by molar-refractivity contribution is 5.77. The molecule has 0 bridgehead atoms. The Bertz CT molecular complexity index is 845. The van der Waals surface area contributed by atoms with Gasteiger partial charge in [-0.2, -0.15) is 5.10 Å². The molecule has 0 saturated heterocycles. The summed E-state index contributed by atoms with van der Waals surface area (Å²) in [6.07, 6.45) is 8.46. The standard InChI is InChI=1S/C15H14N4O3/c1-18-8-11(3-5-14(18)21)12-7-17-19(15(12)22)13-4-2-10(9-20)6-16-13/h2-9,13,16,22H,1H3. The van der Waals surface area contributed by atoms with Gasteiger partial charge >= 0.3 is 0 Å². The number of pyridine rings is 1. The number of allylic oxidation sites excluding steroid dienone is 2. The second kappa shape index (κ2) is 5.36. The number of nitrogens with zero attached hydrogens (tertiary/aromatic N) is 3. The number of aryl methyl sites for hydroxylation is 1. The molecule has 3 heterocycles. The topological polar surface area (TPSA) is 89.2 Å². The number of carbonyl (C=O) groups is 1. The van der Waals surface area contributed by atoms with Crippen LogP contribution in [0.1, 0.15) is 6.17 Å². The van der Waals surface area contributed by atoms with Gasteiger partial charge in [0.05, 0.1) is 11.8 Å². The summed E-state index contributed by atoms with van der Waals surface area (Å²) in [6.45, 7) is 0. The van der Waals surface area contributed by atoms with Crippen molar-refractivity contribution in [3.05, 3.63) is 58.8 Å². The SMILES string of the molecule is Cn1cc(-c2cnn(C3C=CC(C=O)=CN3)c2O)ccc1=O. The van der Waals surface area contributed by atoms with E-state index in [-0.39, 0.29) is 17.6 Å². The van der Waals surface area contributed by atoms with E-state index in [9.17, 15) is 14.7 Å². The van der Waals surface area contributed by atoms with Gasteiger partial charge in [-0.1, -0.05) is 6.08 Å². The number of hydrogen-bond acceptors (Lipinski definition) is 5. The van der Waals surface area contributed by atoms with Crippen molar-refractivity contribution in [3.63, 3.8) is 0 Å². The molecular formula is C15H14N4O3. The predicted octanol–water partition coefficient (Wildman–Crippen LogP) is 0.695. The maximum atomic E-state index is 11.4. The van der Waals surface area contributed by atoms with Crippen LogP contribution >= 0.6 is 0 Å². The number of aromatic nitrogens is 3. The highest BCUT2D eigenvalue weighted by Gasteiger charge is 2.18. The van der Waals surface area contributed by atoms with E-state index in [4.69, 9.17) is 0 Å². The fraction of sp³-hybridized carbons (Fsp3) is 0.133. The zero-order valence-electron chi connectivity index (χ0n) is 11.8. The molecule has 2 aromatic rings. The molecule has 1 aliphatic rings. The zero-order chi connectivity index (χ0) is 15.7. The van der Waals surface area contributed by atoms with Gasteiger partial charge in [0.2, 0.25) is 11.4 Å². The Morgan fingerprint density at radius 3 is 2.86 bits per heavy atom. The summed E-state index contributed by atoms with van der Waals surface area (Å²) < 4.78 is 2.83. The maximum Gasteiger partial charge on any atom is 0.250 e. The lowest BCUT2D eigenvalue weighted by atomic mass is 10.1. The van der Waals surface area contributed by atoms with Crippen molar-refractivity contribution in [2.24, 2.45) is 7.05 Å². The Hall–Kier alpha value is -3.09. The summed E-state index contributed by atoms with van der Waals surface area (Å²) in [7, 11) is 1.64. The smallest absolute Gasteiger partial charge is 0.250 e. The van der Waals surface area contributed by atoms with E-state index in [0.29, 0.717) is 16.7 Å². The molecule has 0 spiro atoms. The molecule has 1 atom stereocenters. The minimum atomic E-state index is -0.384. The van der Waals surface area contributed by atoms with E-state index in [1.54, 1.807) is 37.7 Å². The van der Waals surface area contributed by atoms with Crippen molar-refractivity contribution in [3.8, 4) is 17.0 Å². The predicted molar refractivity (Wildman–Crippen MR) is 80.0 cm³/mol. The van der Waals surface area contributed by atoms with Gasteiger partial charge in [0.15, 0.2) is 6.29 Å². The third-order valence-electron chi connectivity index (χ3n) is 3.46. The molecule has 1 aliphatic heterocycles. The molecule has 0 aliphatic carbocycles. The third-order valence-corrected chi connectivity index (χ3v) is 3.46. The zero-order valence-corrected chi connectivity index (χ0v) is 11.8. The summed E-state index contributed by atoms with van der Waals surface area (Å²) in [5.41, 5.74) is 1.60. The van der Waals surface area contributed by atoms with Crippen molar-refractivity contribution in [1.82, 2.24) is 19.7 Å². The van der Waals surface area contributed by atoms with Crippen LogP contribution in [-0.2, 0) is 11.8 Å². The van der Waals surface area contributed by atoms with Crippen LogP contribution in [0.15, 0.2) is 53.2 Å². The van der Waals surface area contributed by atoms with Crippen molar-refractivity contribution in [1.29, 1.82) is 0 Å². The van der Waals surface area contributed by atoms with Crippen molar-refractivity contribution in [2.75, 3.05) is 0 Å². The van der Waals surface area contributed by atoms with Crippen molar-refractivity contribution in [2.45, 2.75) is 6.17 Å². The Labute approximate surface area is 125 Å². The van der Waals surface area contributed by atoms with Gasteiger partial charge in [-0.15, -0.1) is 0 Å². The van der Waals surface area contributed by atoms with Gasteiger partial charge in [0, 0.05) is 36.6 Å². The summed E-state index contributed by atoms with van der Waals surface area (Å²) in [5.74, 6) is -0.0243. The fourth-order valence-electron chi connectivity index (χ4n) is 2.23. The van der Waals surface area contributed by atoms with E-state index in [1.807, 2.05) is 0 Å². The molecule has 2 aromatic heterocycles. The van der Waals surface area contributed by atoms with Crippen LogP contribution in [0.5, 0.6) is 5.88 Å². The van der Waals surface area contributed by atoms with Crippen LogP contribution in [0.3, 0.4) is 0 Å². The first kappa shape index (κ1) is 13.9. The molecule has 0 radical (unpaired) electrons. The van der Waals surface area contributed by atoms with Gasteiger partial charge in [0.25, 0.3) is 0 Å². The number of aromatic hydroxyl groups is 1. The maximum absolute atomic E-state index is 11.4. The quantitative estimate of drug-likeness (QED) is 0.814. The number of dihydropyridines is 1. The molecule has 7 nitrogen and oxygen atoms in total. The first-order valence-corrected chi connectivity index (χ1v) is 6.63. The molecule has 0 amide bonds. The van der Waals surface area contributed by atoms with Gasteiger partial charge < -0.3 is 15.0 Å². The number of rotatable bonds is 3. The number of aldehydes is 1. The van der Waals surface area contributed by atoms with E-state index in [1.165, 1.54) is 21.5 Å². The molecule has 0 saturated carbocycles. The monoisotopic (exact) mass is 298 g/mol. The molecule has 112 valence electrons. The molecular weight excluding hydrogens is 284 g/mol. The second-order valence-electron chi connectivity index (χ2n) is 4.93. The lowest BCUT2D eigenvalue weighted by molar-refractivity contribution is -0.104. The molecule has 0 fully saturated rings. The van der Waals surface area contributed by atoms with Gasteiger partial charge in [-0.25, -0.2) is 4.68 Å². The van der Waals surface area contributed by atoms with Crippen molar-refractivity contribution >= 4 is 6.29 Å². The number of hydrogen-bond donors (Lipinski definition) is 2. The molecule has 0 aromatic carbocycles. The summed E-state index contributed by atoms with van der Waals surface area (Å²) in [6, 6.07) is 3.07. The molecule has 2 N–H and O–H groups in total. The van der Waals surface area contributed by atoms with Gasteiger partial charge in [-0.05, 0) is 12.1 Å². The lowest BCUT2D eigenvalue weighted by Gasteiger charge is -2.18. The first-order chi connectivity index (χ1) is 10.6. The van der Waals surface area contributed by atoms with E-state index >= 15 is 0 Å². The Balaban J connectivity index is 1.94. The Morgan fingerprint density at radius 2 is 2.23 bits per heavy atom. The van der Waals surface area contributed by atoms with E-state index in [0.717, 1.165) is 6.29 Å². The Kier molecular flexibility index (Phi) is 3.38. The average Bonchev–Trinajstić information content (AvgIpc) is 2.92.